The third-order valence-electron chi connectivity index (χ3n) is 13.4. The van der Waals surface area contributed by atoms with Crippen LogP contribution in [0.5, 0.6) is 0 Å². The van der Waals surface area contributed by atoms with Crippen molar-refractivity contribution in [2.24, 2.45) is 0 Å². The second kappa shape index (κ2) is 14.8. The summed E-state index contributed by atoms with van der Waals surface area (Å²) in [5.74, 6) is 1.27. The van der Waals surface area contributed by atoms with E-state index < -0.39 is 5.41 Å². The molecule has 0 N–H and O–H groups in total. The normalized spacial score (nSPS) is 12.8. The van der Waals surface area contributed by atoms with Gasteiger partial charge in [-0.3, -0.25) is 0 Å². The van der Waals surface area contributed by atoms with Crippen LogP contribution < -0.4 is 4.90 Å². The Bertz CT molecular complexity index is 3810. The van der Waals surface area contributed by atoms with Gasteiger partial charge in [-0.15, -0.1) is 0 Å². The second-order valence-electron chi connectivity index (χ2n) is 16.9. The minimum absolute atomic E-state index is 0.316. The van der Waals surface area contributed by atoms with Crippen molar-refractivity contribution in [3.05, 3.63) is 245 Å². The van der Waals surface area contributed by atoms with E-state index in [-0.39, 0.29) is 0 Å². The molecule has 1 aliphatic carbocycles. The quantitative estimate of drug-likeness (QED) is 0.160. The lowest BCUT2D eigenvalue weighted by molar-refractivity contribution is 0.669. The van der Waals surface area contributed by atoms with Gasteiger partial charge in [0.1, 0.15) is 17.2 Å². The molecule has 1 aliphatic heterocycles. The number of nitriles is 1. The summed E-state index contributed by atoms with van der Waals surface area (Å²) in [7, 11) is 0. The molecule has 0 atom stereocenters. The largest absolute Gasteiger partial charge is 0.456 e. The van der Waals surface area contributed by atoms with E-state index in [2.05, 4.69) is 125 Å². The Morgan fingerprint density at radius 1 is 0.448 bits per heavy atom. The van der Waals surface area contributed by atoms with Crippen molar-refractivity contribution in [1.82, 2.24) is 15.0 Å². The van der Waals surface area contributed by atoms with Gasteiger partial charge in [0.15, 0.2) is 23.2 Å². The molecule has 11 aromatic rings. The molecule has 0 unspecified atom stereocenters. The van der Waals surface area contributed by atoms with E-state index in [0.29, 0.717) is 40.0 Å². The van der Waals surface area contributed by atoms with Crippen LogP contribution in [0.15, 0.2) is 211 Å². The van der Waals surface area contributed by atoms with Crippen molar-refractivity contribution in [3.8, 4) is 62.5 Å². The first-order valence-corrected chi connectivity index (χ1v) is 22.1. The molecule has 0 saturated heterocycles. The molecule has 310 valence electrons. The molecule has 0 amide bonds. The molecule has 0 bridgehead atoms. The van der Waals surface area contributed by atoms with Crippen molar-refractivity contribution in [3.63, 3.8) is 0 Å². The number of hydrogen-bond donors (Lipinski definition) is 0. The molecule has 0 saturated carbocycles. The molecular formula is C60H34N6O. The maximum Gasteiger partial charge on any atom is 0.200 e. The SMILES string of the molecule is [C-]#[N+]c1cc(N2c3ccccc3C3(c4ccccc4-c4cc(-c5ccc6oc7ccccc7c6c5)ccc43)c3ccccc32)c(C#N)cc1-c1nc(-c2ccccc2)nc(-c2ccccc2)n1. The van der Waals surface area contributed by atoms with Crippen LogP contribution in [0.1, 0.15) is 27.8 Å². The van der Waals surface area contributed by atoms with E-state index in [9.17, 15) is 5.26 Å². The van der Waals surface area contributed by atoms with Crippen LogP contribution in [0.2, 0.25) is 0 Å². The number of fused-ring (bicyclic) bond motifs is 12. The number of anilines is 3. The highest BCUT2D eigenvalue weighted by atomic mass is 16.3. The molecule has 2 aromatic heterocycles. The molecule has 7 nitrogen and oxygen atoms in total. The predicted octanol–water partition coefficient (Wildman–Crippen LogP) is 15.0. The Balaban J connectivity index is 0.995. The van der Waals surface area contributed by atoms with Gasteiger partial charge in [0.2, 0.25) is 0 Å². The van der Waals surface area contributed by atoms with Gasteiger partial charge in [0, 0.05) is 27.5 Å². The molecule has 3 heterocycles. The molecule has 1 spiro atoms. The number of benzene rings is 9. The van der Waals surface area contributed by atoms with Crippen LogP contribution in [-0.4, -0.2) is 15.0 Å². The van der Waals surface area contributed by atoms with Crippen LogP contribution in [0.4, 0.5) is 22.7 Å². The van der Waals surface area contributed by atoms with Crippen molar-refractivity contribution < 1.29 is 4.42 Å². The van der Waals surface area contributed by atoms with Gasteiger partial charge in [-0.25, -0.2) is 19.8 Å². The molecule has 13 rings (SSSR count). The van der Waals surface area contributed by atoms with Crippen LogP contribution >= 0.6 is 0 Å². The maximum atomic E-state index is 11.1. The highest BCUT2D eigenvalue weighted by Crippen LogP contribution is 2.64. The maximum absolute atomic E-state index is 11.1. The van der Waals surface area contributed by atoms with Gasteiger partial charge in [0.25, 0.3) is 0 Å². The lowest BCUT2D eigenvalue weighted by Crippen LogP contribution is -2.36. The zero-order chi connectivity index (χ0) is 44.6. The molecule has 2 aliphatic rings. The third kappa shape index (κ3) is 5.66. The minimum Gasteiger partial charge on any atom is -0.456 e. The first-order chi connectivity index (χ1) is 33.1. The van der Waals surface area contributed by atoms with E-state index in [1.165, 1.54) is 22.3 Å². The lowest BCUT2D eigenvalue weighted by Gasteiger charge is -2.45. The number of furan rings is 1. The van der Waals surface area contributed by atoms with Gasteiger partial charge in [-0.2, -0.15) is 5.26 Å². The van der Waals surface area contributed by atoms with Crippen molar-refractivity contribution in [2.75, 3.05) is 4.90 Å². The van der Waals surface area contributed by atoms with E-state index in [1.54, 1.807) is 6.07 Å². The summed E-state index contributed by atoms with van der Waals surface area (Å²) in [6.07, 6.45) is 0. The number of rotatable bonds is 5. The molecule has 0 radical (unpaired) electrons. The Kier molecular flexibility index (Phi) is 8.42. The van der Waals surface area contributed by atoms with Gasteiger partial charge in [-0.1, -0.05) is 158 Å². The topological polar surface area (TPSA) is 83.2 Å². The Labute approximate surface area is 386 Å². The van der Waals surface area contributed by atoms with Crippen molar-refractivity contribution in [2.45, 2.75) is 5.41 Å². The van der Waals surface area contributed by atoms with E-state index in [4.69, 9.17) is 25.9 Å². The third-order valence-corrected chi connectivity index (χ3v) is 13.4. The highest BCUT2D eigenvalue weighted by Gasteiger charge is 2.51. The van der Waals surface area contributed by atoms with Gasteiger partial charge < -0.3 is 9.32 Å². The fourth-order valence-corrected chi connectivity index (χ4v) is 10.5. The summed E-state index contributed by atoms with van der Waals surface area (Å²) in [5, 5.41) is 13.3. The molecule has 0 fully saturated rings. The number of aromatic nitrogens is 3. The average Bonchev–Trinajstić information content (AvgIpc) is 3.92. The Hall–Kier alpha value is -9.43. The van der Waals surface area contributed by atoms with Gasteiger partial charge in [0.05, 0.1) is 34.6 Å². The zero-order valence-corrected chi connectivity index (χ0v) is 35.7. The molecular weight excluding hydrogens is 821 g/mol. The summed E-state index contributed by atoms with van der Waals surface area (Å²) in [5.41, 5.74) is 15.4. The van der Waals surface area contributed by atoms with Crippen molar-refractivity contribution in [1.29, 1.82) is 5.26 Å². The van der Waals surface area contributed by atoms with Crippen LogP contribution in [0, 0.1) is 17.9 Å². The number of hydrogen-bond acceptors (Lipinski definition) is 6. The standard InChI is InChI=1S/C60H34N6O/c1-62-51-35-54(41(36-61)34-46(51)59-64-57(37-16-4-2-5-17-37)63-58(65-59)38-18-6-3-7-19-38)66-52-25-13-11-23-49(52)60(50-24-12-14-26-53(50)66)47-22-10-8-20-42(47)44-32-39(28-30-48(44)60)40-29-31-56-45(33-40)43-21-9-15-27-55(43)67-56/h2-35H. The molecule has 67 heavy (non-hydrogen) atoms. The summed E-state index contributed by atoms with van der Waals surface area (Å²) in [6.45, 7) is 8.58. The summed E-state index contributed by atoms with van der Waals surface area (Å²) in [4.78, 5) is 21.0. The average molecular weight is 855 g/mol. The summed E-state index contributed by atoms with van der Waals surface area (Å²) < 4.78 is 6.19. The lowest BCUT2D eigenvalue weighted by atomic mass is 9.64. The van der Waals surface area contributed by atoms with Gasteiger partial charge >= 0.3 is 0 Å². The smallest absolute Gasteiger partial charge is 0.200 e. The van der Waals surface area contributed by atoms with Crippen molar-refractivity contribution >= 4 is 44.7 Å². The van der Waals surface area contributed by atoms with Gasteiger partial charge in [-0.05, 0) is 93.0 Å². The zero-order valence-electron chi connectivity index (χ0n) is 35.7. The monoisotopic (exact) mass is 854 g/mol. The fourth-order valence-electron chi connectivity index (χ4n) is 10.5. The summed E-state index contributed by atoms with van der Waals surface area (Å²) in [6, 6.07) is 72.8. The number of para-hydroxylation sites is 3. The predicted molar refractivity (Wildman–Crippen MR) is 265 cm³/mol. The first kappa shape index (κ1) is 38.1. The Morgan fingerprint density at radius 2 is 1.00 bits per heavy atom. The Morgan fingerprint density at radius 3 is 1.69 bits per heavy atom. The van der Waals surface area contributed by atoms with Crippen LogP contribution in [-0.2, 0) is 5.41 Å². The van der Waals surface area contributed by atoms with E-state index in [1.807, 2.05) is 91.0 Å². The first-order valence-electron chi connectivity index (χ1n) is 22.1. The van der Waals surface area contributed by atoms with Crippen LogP contribution in [0.25, 0.3) is 83.2 Å². The van der Waals surface area contributed by atoms with Crippen LogP contribution in [0.3, 0.4) is 0 Å². The van der Waals surface area contributed by atoms with E-state index >= 15 is 0 Å². The van der Waals surface area contributed by atoms with E-state index in [0.717, 1.165) is 66.7 Å². The number of nitrogens with zero attached hydrogens (tertiary/aromatic N) is 6. The fraction of sp³-hybridized carbons (Fsp3) is 0.0167. The molecule has 7 heteroatoms. The minimum atomic E-state index is -0.694. The second-order valence-corrected chi connectivity index (χ2v) is 16.9. The molecule has 9 aromatic carbocycles. The highest BCUT2D eigenvalue weighted by molar-refractivity contribution is 6.06. The summed E-state index contributed by atoms with van der Waals surface area (Å²) >= 11 is 0.